The van der Waals surface area contributed by atoms with Gasteiger partial charge < -0.3 is 14.8 Å². The summed E-state index contributed by atoms with van der Waals surface area (Å²) in [5.74, 6) is 0.869. The lowest BCUT2D eigenvalue weighted by Gasteiger charge is -2.17. The van der Waals surface area contributed by atoms with Gasteiger partial charge in [-0.2, -0.15) is 0 Å². The van der Waals surface area contributed by atoms with Gasteiger partial charge in [-0.25, -0.2) is 4.98 Å². The molecule has 1 aliphatic rings. The first kappa shape index (κ1) is 15.5. The van der Waals surface area contributed by atoms with Gasteiger partial charge in [-0.05, 0) is 44.5 Å². The molecule has 3 rings (SSSR count). The number of aryl methyl sites for hydroxylation is 1. The van der Waals surface area contributed by atoms with E-state index in [0.29, 0.717) is 12.1 Å². The highest BCUT2D eigenvalue weighted by atomic mass is 32.1. The Labute approximate surface area is 135 Å². The Bertz CT molecular complexity index is 618. The molecule has 1 aromatic carbocycles. The average Bonchev–Trinajstić information content (AvgIpc) is 3.17. The van der Waals surface area contributed by atoms with Crippen molar-refractivity contribution in [3.05, 3.63) is 34.8 Å². The van der Waals surface area contributed by atoms with Crippen molar-refractivity contribution in [1.82, 2.24) is 10.3 Å². The summed E-state index contributed by atoms with van der Waals surface area (Å²) in [6, 6.07) is 8.83. The Morgan fingerprint density at radius 1 is 1.36 bits per heavy atom. The number of rotatable bonds is 5. The molecule has 2 unspecified atom stereocenters. The SMILES string of the molecule is COc1ccc(-c2nc(C)c(C(C)NC3CCOC3)s2)cc1. The average molecular weight is 318 g/mol. The molecule has 0 spiro atoms. The first-order valence-electron chi connectivity index (χ1n) is 7.63. The van der Waals surface area contributed by atoms with Crippen LogP contribution in [0.3, 0.4) is 0 Å². The highest BCUT2D eigenvalue weighted by molar-refractivity contribution is 7.15. The van der Waals surface area contributed by atoms with Crippen molar-refractivity contribution in [3.8, 4) is 16.3 Å². The number of ether oxygens (including phenoxy) is 2. The fraction of sp³-hybridized carbons (Fsp3) is 0.471. The van der Waals surface area contributed by atoms with E-state index < -0.39 is 0 Å². The van der Waals surface area contributed by atoms with Crippen molar-refractivity contribution in [2.75, 3.05) is 20.3 Å². The van der Waals surface area contributed by atoms with Crippen LogP contribution in [-0.4, -0.2) is 31.3 Å². The summed E-state index contributed by atoms with van der Waals surface area (Å²) < 4.78 is 10.6. The zero-order chi connectivity index (χ0) is 15.5. The second-order valence-corrected chi connectivity index (χ2v) is 6.68. The van der Waals surface area contributed by atoms with Crippen molar-refractivity contribution in [1.29, 1.82) is 0 Å². The Hall–Kier alpha value is -1.43. The van der Waals surface area contributed by atoms with Crippen LogP contribution in [0, 0.1) is 6.92 Å². The van der Waals surface area contributed by atoms with Crippen molar-refractivity contribution in [2.24, 2.45) is 0 Å². The second kappa shape index (κ2) is 6.77. The summed E-state index contributed by atoms with van der Waals surface area (Å²) in [5.41, 5.74) is 2.24. The molecular weight excluding hydrogens is 296 g/mol. The van der Waals surface area contributed by atoms with Gasteiger partial charge in [0, 0.05) is 29.1 Å². The van der Waals surface area contributed by atoms with Crippen LogP contribution in [0.4, 0.5) is 0 Å². The molecule has 0 bridgehead atoms. The summed E-state index contributed by atoms with van der Waals surface area (Å²) in [6.07, 6.45) is 1.09. The number of thiazole rings is 1. The summed E-state index contributed by atoms with van der Waals surface area (Å²) >= 11 is 1.76. The fourth-order valence-corrected chi connectivity index (χ4v) is 3.85. The topological polar surface area (TPSA) is 43.4 Å². The van der Waals surface area contributed by atoms with Gasteiger partial charge in [-0.3, -0.25) is 0 Å². The largest absolute Gasteiger partial charge is 0.497 e. The van der Waals surface area contributed by atoms with Gasteiger partial charge in [0.05, 0.1) is 19.4 Å². The van der Waals surface area contributed by atoms with Crippen molar-refractivity contribution < 1.29 is 9.47 Å². The van der Waals surface area contributed by atoms with E-state index in [1.54, 1.807) is 18.4 Å². The third-order valence-electron chi connectivity index (χ3n) is 3.98. The van der Waals surface area contributed by atoms with Gasteiger partial charge >= 0.3 is 0 Å². The molecule has 22 heavy (non-hydrogen) atoms. The van der Waals surface area contributed by atoms with Crippen molar-refractivity contribution in [2.45, 2.75) is 32.4 Å². The third kappa shape index (κ3) is 3.32. The monoisotopic (exact) mass is 318 g/mol. The molecule has 2 heterocycles. The van der Waals surface area contributed by atoms with Gasteiger partial charge in [0.2, 0.25) is 0 Å². The minimum Gasteiger partial charge on any atom is -0.497 e. The minimum atomic E-state index is 0.302. The van der Waals surface area contributed by atoms with E-state index >= 15 is 0 Å². The molecule has 1 N–H and O–H groups in total. The number of methoxy groups -OCH3 is 1. The number of benzene rings is 1. The van der Waals surface area contributed by atoms with E-state index in [1.807, 2.05) is 12.1 Å². The predicted molar refractivity (Wildman–Crippen MR) is 89.6 cm³/mol. The highest BCUT2D eigenvalue weighted by Crippen LogP contribution is 2.32. The van der Waals surface area contributed by atoms with Crippen LogP contribution in [0.5, 0.6) is 5.75 Å². The number of hydrogen-bond donors (Lipinski definition) is 1. The molecule has 1 fully saturated rings. The molecule has 2 atom stereocenters. The maximum Gasteiger partial charge on any atom is 0.123 e. The predicted octanol–water partition coefficient (Wildman–Crippen LogP) is 3.57. The van der Waals surface area contributed by atoms with Gasteiger partial charge in [0.25, 0.3) is 0 Å². The number of nitrogens with zero attached hydrogens (tertiary/aromatic N) is 1. The lowest BCUT2D eigenvalue weighted by Crippen LogP contribution is -2.31. The van der Waals surface area contributed by atoms with Gasteiger partial charge in [0.1, 0.15) is 10.8 Å². The molecule has 2 aromatic rings. The lowest BCUT2D eigenvalue weighted by molar-refractivity contribution is 0.188. The number of aromatic nitrogens is 1. The van der Waals surface area contributed by atoms with E-state index in [9.17, 15) is 0 Å². The molecule has 1 saturated heterocycles. The van der Waals surface area contributed by atoms with Gasteiger partial charge in [0.15, 0.2) is 0 Å². The van der Waals surface area contributed by atoms with Crippen LogP contribution in [0.2, 0.25) is 0 Å². The van der Waals surface area contributed by atoms with E-state index in [2.05, 4.69) is 31.3 Å². The van der Waals surface area contributed by atoms with Crippen molar-refractivity contribution in [3.63, 3.8) is 0 Å². The Kier molecular flexibility index (Phi) is 4.76. The first-order chi connectivity index (χ1) is 10.7. The van der Waals surface area contributed by atoms with E-state index in [0.717, 1.165) is 41.6 Å². The summed E-state index contributed by atoms with van der Waals surface area (Å²) in [6.45, 7) is 5.97. The molecule has 1 aromatic heterocycles. The van der Waals surface area contributed by atoms with Crippen LogP contribution < -0.4 is 10.1 Å². The van der Waals surface area contributed by atoms with Gasteiger partial charge in [-0.1, -0.05) is 0 Å². The van der Waals surface area contributed by atoms with Crippen LogP contribution >= 0.6 is 11.3 Å². The molecule has 4 nitrogen and oxygen atoms in total. The summed E-state index contributed by atoms with van der Waals surface area (Å²) in [7, 11) is 1.68. The number of nitrogens with one attached hydrogen (secondary N) is 1. The normalized spacial score (nSPS) is 19.3. The maximum absolute atomic E-state index is 5.43. The van der Waals surface area contributed by atoms with Crippen LogP contribution in [-0.2, 0) is 4.74 Å². The van der Waals surface area contributed by atoms with Crippen LogP contribution in [0.25, 0.3) is 10.6 Å². The zero-order valence-electron chi connectivity index (χ0n) is 13.3. The summed E-state index contributed by atoms with van der Waals surface area (Å²) in [4.78, 5) is 6.04. The molecular formula is C17H22N2O2S. The molecule has 0 saturated carbocycles. The van der Waals surface area contributed by atoms with E-state index in [-0.39, 0.29) is 0 Å². The molecule has 1 aliphatic heterocycles. The third-order valence-corrected chi connectivity index (χ3v) is 5.37. The maximum atomic E-state index is 5.43. The smallest absolute Gasteiger partial charge is 0.123 e. The molecule has 118 valence electrons. The van der Waals surface area contributed by atoms with Gasteiger partial charge in [-0.15, -0.1) is 11.3 Å². The molecule has 0 amide bonds. The quantitative estimate of drug-likeness (QED) is 0.915. The van der Waals surface area contributed by atoms with Crippen LogP contribution in [0.1, 0.15) is 30.0 Å². The zero-order valence-corrected chi connectivity index (χ0v) is 14.1. The van der Waals surface area contributed by atoms with E-state index in [4.69, 9.17) is 14.5 Å². The first-order valence-corrected chi connectivity index (χ1v) is 8.44. The van der Waals surface area contributed by atoms with Crippen molar-refractivity contribution >= 4 is 11.3 Å². The highest BCUT2D eigenvalue weighted by Gasteiger charge is 2.21. The minimum absolute atomic E-state index is 0.302. The Morgan fingerprint density at radius 2 is 2.14 bits per heavy atom. The standard InChI is InChI=1S/C17H22N2O2S/c1-11(18-14-8-9-21-10-14)16-12(2)19-17(22-16)13-4-6-15(20-3)7-5-13/h4-7,11,14,18H,8-10H2,1-3H3. The Balaban J connectivity index is 1.76. The second-order valence-electron chi connectivity index (χ2n) is 5.65. The lowest BCUT2D eigenvalue weighted by atomic mass is 10.2. The number of hydrogen-bond acceptors (Lipinski definition) is 5. The fourth-order valence-electron chi connectivity index (χ4n) is 2.76. The Morgan fingerprint density at radius 3 is 2.77 bits per heavy atom. The van der Waals surface area contributed by atoms with E-state index in [1.165, 1.54) is 4.88 Å². The van der Waals surface area contributed by atoms with Crippen LogP contribution in [0.15, 0.2) is 24.3 Å². The molecule has 0 aliphatic carbocycles. The molecule has 5 heteroatoms. The summed E-state index contributed by atoms with van der Waals surface area (Å²) in [5, 5.41) is 4.71. The molecule has 0 radical (unpaired) electrons.